The fraction of sp³-hybridized carbons (Fsp3) is 0.294. The van der Waals surface area contributed by atoms with Crippen LogP contribution in [0.3, 0.4) is 0 Å². The first-order valence-electron chi connectivity index (χ1n) is 6.75. The number of nitrogens with one attached hydrogen (secondary N) is 1. The Labute approximate surface area is 134 Å². The van der Waals surface area contributed by atoms with Crippen molar-refractivity contribution in [2.24, 2.45) is 0 Å². The van der Waals surface area contributed by atoms with Gasteiger partial charge in [-0.15, -0.1) is 11.8 Å². The minimum absolute atomic E-state index is 0.354. The molecule has 3 heteroatoms. The Morgan fingerprint density at radius 2 is 2.00 bits per heavy atom. The molecule has 2 aromatic rings. The highest BCUT2D eigenvalue weighted by molar-refractivity contribution is 9.10. The highest BCUT2D eigenvalue weighted by Gasteiger charge is 2.10. The van der Waals surface area contributed by atoms with Crippen LogP contribution in [0.15, 0.2) is 51.8 Å². The van der Waals surface area contributed by atoms with E-state index in [2.05, 4.69) is 77.6 Å². The van der Waals surface area contributed by atoms with Gasteiger partial charge in [0.25, 0.3) is 0 Å². The van der Waals surface area contributed by atoms with Gasteiger partial charge in [0.1, 0.15) is 0 Å². The Morgan fingerprint density at radius 1 is 1.20 bits per heavy atom. The van der Waals surface area contributed by atoms with Gasteiger partial charge in [0.05, 0.1) is 0 Å². The Morgan fingerprint density at radius 3 is 2.70 bits per heavy atom. The van der Waals surface area contributed by atoms with Crippen LogP contribution in [0, 0.1) is 6.92 Å². The van der Waals surface area contributed by atoms with Crippen LogP contribution in [-0.2, 0) is 5.75 Å². The normalized spacial score (nSPS) is 12.4. The summed E-state index contributed by atoms with van der Waals surface area (Å²) in [6.45, 7) is 4.33. The van der Waals surface area contributed by atoms with E-state index in [9.17, 15) is 0 Å². The first-order chi connectivity index (χ1) is 9.60. The first-order valence-corrected chi connectivity index (χ1v) is 8.53. The van der Waals surface area contributed by atoms with E-state index in [1.54, 1.807) is 0 Å². The van der Waals surface area contributed by atoms with Crippen molar-refractivity contribution in [2.45, 2.75) is 30.5 Å². The van der Waals surface area contributed by atoms with Crippen LogP contribution < -0.4 is 5.32 Å². The molecule has 0 aliphatic heterocycles. The Kier molecular flexibility index (Phi) is 5.70. The molecule has 0 saturated heterocycles. The molecule has 106 valence electrons. The van der Waals surface area contributed by atoms with Gasteiger partial charge < -0.3 is 5.32 Å². The zero-order valence-electron chi connectivity index (χ0n) is 12.1. The molecule has 0 aliphatic carbocycles. The van der Waals surface area contributed by atoms with E-state index in [0.717, 1.165) is 10.2 Å². The van der Waals surface area contributed by atoms with Gasteiger partial charge in [0.2, 0.25) is 0 Å². The minimum atomic E-state index is 0.354. The number of hydrogen-bond acceptors (Lipinski definition) is 2. The molecule has 0 fully saturated rings. The summed E-state index contributed by atoms with van der Waals surface area (Å²) in [6, 6.07) is 15.6. The molecule has 0 aliphatic rings. The quantitative estimate of drug-likeness (QED) is 0.732. The highest BCUT2D eigenvalue weighted by Crippen LogP contribution is 2.32. The third-order valence-electron chi connectivity index (χ3n) is 3.35. The Balaban J connectivity index is 2.16. The Hall–Kier alpha value is -0.770. The lowest BCUT2D eigenvalue weighted by Gasteiger charge is -2.16. The van der Waals surface area contributed by atoms with Gasteiger partial charge in [-0.1, -0.05) is 45.8 Å². The number of thioether (sulfide) groups is 1. The highest BCUT2D eigenvalue weighted by atomic mass is 79.9. The van der Waals surface area contributed by atoms with E-state index >= 15 is 0 Å². The predicted octanol–water partition coefficient (Wildman–Crippen LogP) is 5.33. The van der Waals surface area contributed by atoms with Crippen LogP contribution in [0.25, 0.3) is 0 Å². The maximum Gasteiger partial charge on any atom is 0.0300 e. The first kappa shape index (κ1) is 15.6. The standard InChI is InChI=1S/C17H20BrNS/c1-12-5-4-6-14(9-12)11-20-17-8-7-15(18)10-16(17)13(2)19-3/h4-10,13,19H,11H2,1-3H3. The van der Waals surface area contributed by atoms with Crippen molar-refractivity contribution in [3.63, 3.8) is 0 Å². The molecule has 0 aromatic heterocycles. The molecular formula is C17H20BrNS. The second-order valence-electron chi connectivity index (χ2n) is 4.97. The molecule has 0 bridgehead atoms. The van der Waals surface area contributed by atoms with E-state index < -0.39 is 0 Å². The molecule has 20 heavy (non-hydrogen) atoms. The summed E-state index contributed by atoms with van der Waals surface area (Å²) >= 11 is 5.46. The van der Waals surface area contributed by atoms with Gasteiger partial charge in [0, 0.05) is 21.2 Å². The maximum absolute atomic E-state index is 3.56. The zero-order valence-corrected chi connectivity index (χ0v) is 14.5. The lowest BCUT2D eigenvalue weighted by Crippen LogP contribution is -2.13. The molecule has 1 unspecified atom stereocenters. The lowest BCUT2D eigenvalue weighted by atomic mass is 10.1. The van der Waals surface area contributed by atoms with E-state index in [1.807, 2.05) is 18.8 Å². The molecule has 2 aromatic carbocycles. The molecule has 1 atom stereocenters. The summed E-state index contributed by atoms with van der Waals surface area (Å²) < 4.78 is 1.13. The molecule has 0 saturated carbocycles. The number of aryl methyl sites for hydroxylation is 1. The van der Waals surface area contributed by atoms with E-state index in [-0.39, 0.29) is 0 Å². The third-order valence-corrected chi connectivity index (χ3v) is 5.00. The average Bonchev–Trinajstić information content (AvgIpc) is 2.45. The van der Waals surface area contributed by atoms with Gasteiger partial charge in [-0.3, -0.25) is 0 Å². The summed E-state index contributed by atoms with van der Waals surface area (Å²) in [6.07, 6.45) is 0. The fourth-order valence-electron chi connectivity index (χ4n) is 2.11. The van der Waals surface area contributed by atoms with Crippen LogP contribution in [0.2, 0.25) is 0 Å². The molecule has 1 nitrogen and oxygen atoms in total. The largest absolute Gasteiger partial charge is 0.313 e. The van der Waals surface area contributed by atoms with Crippen LogP contribution in [0.4, 0.5) is 0 Å². The molecule has 0 heterocycles. The molecule has 1 N–H and O–H groups in total. The monoisotopic (exact) mass is 349 g/mol. The van der Waals surface area contributed by atoms with Crippen molar-refractivity contribution in [1.29, 1.82) is 0 Å². The van der Waals surface area contributed by atoms with Gasteiger partial charge in [-0.2, -0.15) is 0 Å². The number of hydrogen-bond donors (Lipinski definition) is 1. The van der Waals surface area contributed by atoms with Gasteiger partial charge >= 0.3 is 0 Å². The molecule has 0 radical (unpaired) electrons. The molecule has 0 amide bonds. The van der Waals surface area contributed by atoms with Crippen molar-refractivity contribution < 1.29 is 0 Å². The average molecular weight is 350 g/mol. The van der Waals surface area contributed by atoms with Crippen LogP contribution in [-0.4, -0.2) is 7.05 Å². The second-order valence-corrected chi connectivity index (χ2v) is 6.90. The Bertz CT molecular complexity index is 583. The van der Waals surface area contributed by atoms with Crippen molar-refractivity contribution in [1.82, 2.24) is 5.32 Å². The van der Waals surface area contributed by atoms with Crippen LogP contribution in [0.5, 0.6) is 0 Å². The van der Waals surface area contributed by atoms with Gasteiger partial charge in [-0.05, 0) is 50.2 Å². The maximum atomic E-state index is 3.56. The van der Waals surface area contributed by atoms with E-state index in [4.69, 9.17) is 0 Å². The number of benzene rings is 2. The van der Waals surface area contributed by atoms with Gasteiger partial charge in [-0.25, -0.2) is 0 Å². The summed E-state index contributed by atoms with van der Waals surface area (Å²) in [4.78, 5) is 1.34. The van der Waals surface area contributed by atoms with Crippen LogP contribution in [0.1, 0.15) is 29.7 Å². The lowest BCUT2D eigenvalue weighted by molar-refractivity contribution is 0.641. The van der Waals surface area contributed by atoms with Crippen LogP contribution >= 0.6 is 27.7 Å². The van der Waals surface area contributed by atoms with E-state index in [1.165, 1.54) is 21.6 Å². The number of rotatable bonds is 5. The molecule has 0 spiro atoms. The fourth-order valence-corrected chi connectivity index (χ4v) is 3.55. The zero-order chi connectivity index (χ0) is 14.5. The topological polar surface area (TPSA) is 12.0 Å². The third kappa shape index (κ3) is 4.11. The predicted molar refractivity (Wildman–Crippen MR) is 92.4 cm³/mol. The van der Waals surface area contributed by atoms with Crippen molar-refractivity contribution in [2.75, 3.05) is 7.05 Å². The summed E-state index contributed by atoms with van der Waals surface area (Å²) in [5.41, 5.74) is 4.04. The van der Waals surface area contributed by atoms with Crippen molar-refractivity contribution in [3.8, 4) is 0 Å². The SMILES string of the molecule is CNC(C)c1cc(Br)ccc1SCc1cccc(C)c1. The van der Waals surface area contributed by atoms with Crippen molar-refractivity contribution >= 4 is 27.7 Å². The second kappa shape index (κ2) is 7.30. The molecule has 2 rings (SSSR count). The number of halogens is 1. The van der Waals surface area contributed by atoms with Crippen molar-refractivity contribution in [3.05, 3.63) is 63.6 Å². The summed E-state index contributed by atoms with van der Waals surface area (Å²) in [7, 11) is 2.00. The smallest absolute Gasteiger partial charge is 0.0300 e. The summed E-state index contributed by atoms with van der Waals surface area (Å²) in [5.74, 6) is 1.01. The minimum Gasteiger partial charge on any atom is -0.313 e. The summed E-state index contributed by atoms with van der Waals surface area (Å²) in [5, 5.41) is 3.32. The van der Waals surface area contributed by atoms with Gasteiger partial charge in [0.15, 0.2) is 0 Å². The molecular weight excluding hydrogens is 330 g/mol. The van der Waals surface area contributed by atoms with E-state index in [0.29, 0.717) is 6.04 Å².